The van der Waals surface area contributed by atoms with Crippen LogP contribution in [0.4, 0.5) is 5.69 Å². The number of amides is 1. The van der Waals surface area contributed by atoms with Crippen LogP contribution in [0.1, 0.15) is 16.7 Å². The molecular weight excluding hydrogens is 456 g/mol. The lowest BCUT2D eigenvalue weighted by molar-refractivity contribution is -0.114. The first kappa shape index (κ1) is 24.7. The lowest BCUT2D eigenvalue weighted by Crippen LogP contribution is -2.29. The molecule has 1 aliphatic rings. The predicted molar refractivity (Wildman–Crippen MR) is 138 cm³/mol. The molecule has 0 saturated heterocycles. The maximum absolute atomic E-state index is 13.2. The van der Waals surface area contributed by atoms with Crippen LogP contribution in [0.25, 0.3) is 6.08 Å². The van der Waals surface area contributed by atoms with Gasteiger partial charge in [0.2, 0.25) is 5.75 Å². The number of rotatable bonds is 9. The van der Waals surface area contributed by atoms with Gasteiger partial charge in [-0.15, -0.1) is 0 Å². The van der Waals surface area contributed by atoms with E-state index in [1.807, 2.05) is 55.5 Å². The normalized spacial score (nSPS) is 12.5. The minimum Gasteiger partial charge on any atom is -0.493 e. The number of hydrogen-bond donors (Lipinski definition) is 0. The van der Waals surface area contributed by atoms with Gasteiger partial charge in [0.15, 0.2) is 11.5 Å². The Bertz CT molecular complexity index is 1300. The van der Waals surface area contributed by atoms with Gasteiger partial charge in [-0.1, -0.05) is 36.4 Å². The summed E-state index contributed by atoms with van der Waals surface area (Å²) in [6, 6.07) is 21.0. The molecule has 0 bridgehead atoms. The zero-order valence-electron chi connectivity index (χ0n) is 20.6. The Hall–Kier alpha value is -4.44. The second kappa shape index (κ2) is 11.3. The Morgan fingerprint density at radius 2 is 1.64 bits per heavy atom. The van der Waals surface area contributed by atoms with Crippen LogP contribution < -0.4 is 23.8 Å². The number of benzene rings is 3. The molecule has 184 valence electrons. The van der Waals surface area contributed by atoms with Crippen LogP contribution in [0.3, 0.4) is 0 Å². The van der Waals surface area contributed by atoms with Crippen LogP contribution in [0.2, 0.25) is 0 Å². The third-order valence-electron chi connectivity index (χ3n) is 5.96. The Morgan fingerprint density at radius 1 is 0.972 bits per heavy atom. The van der Waals surface area contributed by atoms with Crippen LogP contribution in [0, 0.1) is 18.3 Å². The second-order valence-corrected chi connectivity index (χ2v) is 8.22. The average Bonchev–Trinajstić information content (AvgIpc) is 3.34. The summed E-state index contributed by atoms with van der Waals surface area (Å²) in [7, 11) is 3.05. The highest BCUT2D eigenvalue weighted by molar-refractivity contribution is 6.12. The quantitative estimate of drug-likeness (QED) is 0.242. The van der Waals surface area contributed by atoms with Crippen molar-refractivity contribution < 1.29 is 23.7 Å². The summed E-state index contributed by atoms with van der Waals surface area (Å²) < 4.78 is 22.8. The molecule has 4 rings (SSSR count). The summed E-state index contributed by atoms with van der Waals surface area (Å²) in [5, 5.41) is 9.76. The van der Waals surface area contributed by atoms with Gasteiger partial charge in [0.1, 0.15) is 30.6 Å². The van der Waals surface area contributed by atoms with Gasteiger partial charge in [-0.2, -0.15) is 5.26 Å². The number of hydrogen-bond acceptors (Lipinski definition) is 6. The molecule has 0 aliphatic carbocycles. The first-order chi connectivity index (χ1) is 17.5. The number of carbonyl (C=O) groups excluding carboxylic acids is 1. The van der Waals surface area contributed by atoms with Crippen molar-refractivity contribution in [2.75, 3.05) is 38.9 Å². The molecule has 1 amide bonds. The van der Waals surface area contributed by atoms with E-state index in [1.54, 1.807) is 23.1 Å². The zero-order valence-corrected chi connectivity index (χ0v) is 20.6. The van der Waals surface area contributed by atoms with E-state index in [0.29, 0.717) is 36.0 Å². The Kier molecular flexibility index (Phi) is 7.76. The predicted octanol–water partition coefficient (Wildman–Crippen LogP) is 4.97. The molecule has 0 spiro atoms. The summed E-state index contributed by atoms with van der Waals surface area (Å²) in [4.78, 5) is 14.8. The van der Waals surface area contributed by atoms with Crippen LogP contribution in [0.5, 0.6) is 23.0 Å². The molecule has 0 radical (unpaired) electrons. The molecule has 0 N–H and O–H groups in total. The van der Waals surface area contributed by atoms with E-state index in [9.17, 15) is 10.1 Å². The van der Waals surface area contributed by atoms with Gasteiger partial charge in [-0.3, -0.25) is 4.79 Å². The van der Waals surface area contributed by atoms with Crippen LogP contribution >= 0.6 is 0 Å². The van der Waals surface area contributed by atoms with E-state index in [4.69, 9.17) is 18.9 Å². The molecule has 0 aromatic heterocycles. The lowest BCUT2D eigenvalue weighted by atomic mass is 10.1. The van der Waals surface area contributed by atoms with Gasteiger partial charge in [0.05, 0.1) is 14.2 Å². The lowest BCUT2D eigenvalue weighted by Gasteiger charge is -2.17. The second-order valence-electron chi connectivity index (χ2n) is 8.22. The van der Waals surface area contributed by atoms with Crippen molar-refractivity contribution in [1.29, 1.82) is 5.26 Å². The molecule has 0 saturated carbocycles. The summed E-state index contributed by atoms with van der Waals surface area (Å²) in [6.07, 6.45) is 2.31. The van der Waals surface area contributed by atoms with Crippen molar-refractivity contribution in [3.05, 3.63) is 82.9 Å². The molecule has 7 nitrogen and oxygen atoms in total. The van der Waals surface area contributed by atoms with Gasteiger partial charge in [-0.25, -0.2) is 0 Å². The topological polar surface area (TPSA) is 81.0 Å². The highest BCUT2D eigenvalue weighted by Crippen LogP contribution is 2.39. The average molecular weight is 485 g/mol. The monoisotopic (exact) mass is 484 g/mol. The Morgan fingerprint density at radius 3 is 2.33 bits per heavy atom. The molecule has 3 aromatic carbocycles. The molecule has 3 aromatic rings. The van der Waals surface area contributed by atoms with Crippen molar-refractivity contribution in [2.45, 2.75) is 13.3 Å². The standard InChI is InChI=1S/C29H28N2O5/c1-20-8-4-7-11-25(20)35-14-15-36-28-26(33-2)17-21(18-27(28)34-3)16-23(19-30)29(32)31-13-12-22-9-5-6-10-24(22)31/h4-11,16-18H,12-15H2,1-3H3. The number of fused-ring (bicyclic) bond motifs is 1. The number of ether oxygens (including phenoxy) is 4. The summed E-state index contributed by atoms with van der Waals surface area (Å²) in [6.45, 7) is 3.13. The maximum atomic E-state index is 13.2. The van der Waals surface area contributed by atoms with E-state index < -0.39 is 0 Å². The molecule has 0 fully saturated rings. The van der Waals surface area contributed by atoms with Crippen molar-refractivity contribution in [3.63, 3.8) is 0 Å². The van der Waals surface area contributed by atoms with E-state index in [1.165, 1.54) is 14.2 Å². The number of para-hydroxylation sites is 2. The summed E-state index contributed by atoms with van der Waals surface area (Å²) in [5.41, 5.74) is 3.60. The molecule has 1 aliphatic heterocycles. The molecule has 7 heteroatoms. The fourth-order valence-electron chi connectivity index (χ4n) is 4.14. The maximum Gasteiger partial charge on any atom is 0.268 e. The zero-order chi connectivity index (χ0) is 25.5. The first-order valence-electron chi connectivity index (χ1n) is 11.6. The number of methoxy groups -OCH3 is 2. The van der Waals surface area contributed by atoms with Crippen LogP contribution in [-0.4, -0.2) is 39.9 Å². The van der Waals surface area contributed by atoms with E-state index in [2.05, 4.69) is 6.07 Å². The van der Waals surface area contributed by atoms with E-state index >= 15 is 0 Å². The van der Waals surface area contributed by atoms with Crippen molar-refractivity contribution >= 4 is 17.7 Å². The van der Waals surface area contributed by atoms with Gasteiger partial charge in [-0.05, 0) is 60.4 Å². The van der Waals surface area contributed by atoms with Gasteiger partial charge >= 0.3 is 0 Å². The third-order valence-corrected chi connectivity index (χ3v) is 5.96. The number of carbonyl (C=O) groups is 1. The van der Waals surface area contributed by atoms with E-state index in [-0.39, 0.29) is 18.1 Å². The van der Waals surface area contributed by atoms with Crippen molar-refractivity contribution in [3.8, 4) is 29.1 Å². The molecular formula is C29H28N2O5. The molecule has 0 atom stereocenters. The first-order valence-corrected chi connectivity index (χ1v) is 11.6. The highest BCUT2D eigenvalue weighted by Gasteiger charge is 2.27. The third kappa shape index (κ3) is 5.28. The van der Waals surface area contributed by atoms with Crippen LogP contribution in [0.15, 0.2) is 66.2 Å². The number of aryl methyl sites for hydroxylation is 1. The highest BCUT2D eigenvalue weighted by atomic mass is 16.6. The van der Waals surface area contributed by atoms with E-state index in [0.717, 1.165) is 29.0 Å². The fraction of sp³-hybridized carbons (Fsp3) is 0.241. The summed E-state index contributed by atoms with van der Waals surface area (Å²) >= 11 is 0. The Balaban J connectivity index is 1.52. The van der Waals surface area contributed by atoms with Gasteiger partial charge < -0.3 is 23.8 Å². The minimum absolute atomic E-state index is 0.0242. The molecule has 1 heterocycles. The SMILES string of the molecule is COc1cc(C=C(C#N)C(=O)N2CCc3ccccc32)cc(OC)c1OCCOc1ccccc1C. The van der Waals surface area contributed by atoms with Crippen molar-refractivity contribution in [1.82, 2.24) is 0 Å². The minimum atomic E-state index is -0.339. The summed E-state index contributed by atoms with van der Waals surface area (Å²) in [5.74, 6) is 1.73. The van der Waals surface area contributed by atoms with Crippen LogP contribution in [-0.2, 0) is 11.2 Å². The molecule has 36 heavy (non-hydrogen) atoms. The van der Waals surface area contributed by atoms with Gasteiger partial charge in [0.25, 0.3) is 5.91 Å². The number of nitriles is 1. The fourth-order valence-corrected chi connectivity index (χ4v) is 4.14. The number of nitrogens with zero attached hydrogens (tertiary/aromatic N) is 2. The number of anilines is 1. The molecule has 0 unspecified atom stereocenters. The van der Waals surface area contributed by atoms with Gasteiger partial charge in [0, 0.05) is 12.2 Å². The van der Waals surface area contributed by atoms with Crippen molar-refractivity contribution in [2.24, 2.45) is 0 Å². The smallest absolute Gasteiger partial charge is 0.268 e. The largest absolute Gasteiger partial charge is 0.493 e. The Labute approximate surface area is 211 Å².